The number of aryl methyl sites for hydroxylation is 1. The maximum atomic E-state index is 11.3. The molecule has 0 aliphatic carbocycles. The van der Waals surface area contributed by atoms with Crippen molar-refractivity contribution in [1.82, 2.24) is 29.6 Å². The van der Waals surface area contributed by atoms with Gasteiger partial charge in [0.1, 0.15) is 10.8 Å². The van der Waals surface area contributed by atoms with Crippen molar-refractivity contribution in [2.24, 2.45) is 0 Å². The second kappa shape index (κ2) is 10.4. The molecule has 3 aromatic rings. The second-order valence-corrected chi connectivity index (χ2v) is 9.83. The zero-order valence-corrected chi connectivity index (χ0v) is 21.4. The molecule has 1 amide bonds. The van der Waals surface area contributed by atoms with Crippen molar-refractivity contribution in [3.05, 3.63) is 34.3 Å². The third-order valence-corrected chi connectivity index (χ3v) is 7.53. The number of carboxylic acid groups (broad SMARTS) is 1. The number of thioether (sulfide) groups is 1. The lowest BCUT2D eigenvalue weighted by Gasteiger charge is -2.26. The molecule has 3 aromatic heterocycles. The predicted molar refractivity (Wildman–Crippen MR) is 137 cm³/mol. The first-order chi connectivity index (χ1) is 17.4. The molecule has 2 aliphatic heterocycles. The minimum absolute atomic E-state index is 0.0353. The number of rotatable bonds is 7. The van der Waals surface area contributed by atoms with Gasteiger partial charge in [0.25, 0.3) is 0 Å². The Morgan fingerprint density at radius 2 is 2.08 bits per heavy atom. The van der Waals surface area contributed by atoms with Crippen molar-refractivity contribution in [2.75, 3.05) is 51.0 Å². The molecule has 0 radical (unpaired) electrons. The molecule has 2 N–H and O–H groups in total. The fourth-order valence-electron chi connectivity index (χ4n) is 4.57. The van der Waals surface area contributed by atoms with Gasteiger partial charge >= 0.3 is 6.09 Å². The zero-order chi connectivity index (χ0) is 25.2. The quantitative estimate of drug-likeness (QED) is 0.457. The van der Waals surface area contributed by atoms with Gasteiger partial charge in [0, 0.05) is 42.7 Å². The van der Waals surface area contributed by atoms with E-state index < -0.39 is 6.09 Å². The summed E-state index contributed by atoms with van der Waals surface area (Å²) < 4.78 is 12.8. The van der Waals surface area contributed by atoms with E-state index in [0.29, 0.717) is 17.2 Å². The van der Waals surface area contributed by atoms with Gasteiger partial charge in [-0.1, -0.05) is 5.57 Å². The van der Waals surface area contributed by atoms with Crippen LogP contribution in [0.1, 0.15) is 28.9 Å². The van der Waals surface area contributed by atoms with Crippen LogP contribution in [0.5, 0.6) is 5.75 Å². The molecule has 0 atom stereocenters. The molecule has 1 fully saturated rings. The summed E-state index contributed by atoms with van der Waals surface area (Å²) in [5.74, 6) is 1.59. The zero-order valence-electron chi connectivity index (χ0n) is 20.6. The summed E-state index contributed by atoms with van der Waals surface area (Å²) in [7, 11) is 1.65. The number of ether oxygens (including phenoxy) is 2. The highest BCUT2D eigenvalue weighted by molar-refractivity contribution is 7.99. The molecule has 5 rings (SSSR count). The normalized spacial score (nSPS) is 16.0. The van der Waals surface area contributed by atoms with Gasteiger partial charge < -0.3 is 14.6 Å². The number of pyridine rings is 1. The number of hydrogen-bond acceptors (Lipinski definition) is 9. The number of aromatic nitrogens is 5. The summed E-state index contributed by atoms with van der Waals surface area (Å²) in [6.45, 7) is 8.69. The van der Waals surface area contributed by atoms with E-state index in [4.69, 9.17) is 14.6 Å². The number of hydrogen-bond donors (Lipinski definition) is 2. The predicted octanol–water partition coefficient (Wildman–Crippen LogP) is 3.20. The van der Waals surface area contributed by atoms with Crippen LogP contribution in [0.3, 0.4) is 0 Å². The van der Waals surface area contributed by atoms with Crippen molar-refractivity contribution in [3.63, 3.8) is 0 Å². The number of anilines is 1. The van der Waals surface area contributed by atoms with Crippen LogP contribution < -0.4 is 10.1 Å². The van der Waals surface area contributed by atoms with Crippen LogP contribution >= 0.6 is 11.8 Å². The van der Waals surface area contributed by atoms with E-state index in [9.17, 15) is 9.90 Å². The minimum atomic E-state index is -1.21. The largest absolute Gasteiger partial charge is 0.496 e. The molecule has 1 saturated heterocycles. The molecular weight excluding hydrogens is 482 g/mol. The summed E-state index contributed by atoms with van der Waals surface area (Å²) in [5.41, 5.74) is 5.32. The Morgan fingerprint density at radius 1 is 1.28 bits per heavy atom. The first-order valence-electron chi connectivity index (χ1n) is 11.8. The smallest absolute Gasteiger partial charge is 0.411 e. The third kappa shape index (κ3) is 5.01. The SMILES string of the molecule is COc1c(C)cnc(Cn2nc3c4c(nc(NC(=O)O)nc42)SCC(CCN2CCOCC2)=C3)c1C. The number of nitrogens with one attached hydrogen (secondary N) is 1. The molecule has 190 valence electrons. The molecule has 2 aliphatic rings. The lowest BCUT2D eigenvalue weighted by Crippen LogP contribution is -2.37. The maximum absolute atomic E-state index is 11.3. The Hall–Kier alpha value is -3.22. The first-order valence-corrected chi connectivity index (χ1v) is 12.8. The van der Waals surface area contributed by atoms with Gasteiger partial charge in [-0.25, -0.2) is 14.5 Å². The average molecular weight is 512 g/mol. The van der Waals surface area contributed by atoms with Gasteiger partial charge in [0.2, 0.25) is 5.95 Å². The van der Waals surface area contributed by atoms with Crippen molar-refractivity contribution in [1.29, 1.82) is 0 Å². The van der Waals surface area contributed by atoms with Crippen molar-refractivity contribution >= 4 is 40.9 Å². The highest BCUT2D eigenvalue weighted by Gasteiger charge is 2.23. The second-order valence-electron chi connectivity index (χ2n) is 8.87. The molecule has 0 unspecified atom stereocenters. The van der Waals surface area contributed by atoms with Gasteiger partial charge in [0.05, 0.1) is 43.6 Å². The lowest BCUT2D eigenvalue weighted by atomic mass is 10.1. The summed E-state index contributed by atoms with van der Waals surface area (Å²) >= 11 is 1.58. The molecule has 0 bridgehead atoms. The van der Waals surface area contributed by atoms with Crippen LogP contribution in [-0.4, -0.2) is 86.5 Å². The Kier molecular flexibility index (Phi) is 7.08. The van der Waals surface area contributed by atoms with Crippen LogP contribution in [-0.2, 0) is 11.3 Å². The highest BCUT2D eigenvalue weighted by Crippen LogP contribution is 2.36. The molecule has 36 heavy (non-hydrogen) atoms. The van der Waals surface area contributed by atoms with Crippen molar-refractivity contribution < 1.29 is 19.4 Å². The summed E-state index contributed by atoms with van der Waals surface area (Å²) in [6, 6.07) is 0. The monoisotopic (exact) mass is 511 g/mol. The number of morpholine rings is 1. The average Bonchev–Trinajstić information content (AvgIpc) is 3.09. The topological polar surface area (TPSA) is 128 Å². The van der Waals surface area contributed by atoms with E-state index in [1.54, 1.807) is 29.8 Å². The van der Waals surface area contributed by atoms with Crippen LogP contribution in [0.15, 0.2) is 16.8 Å². The molecule has 11 nitrogen and oxygen atoms in total. The maximum Gasteiger partial charge on any atom is 0.411 e. The number of methoxy groups -OCH3 is 1. The summed E-state index contributed by atoms with van der Waals surface area (Å²) in [6.07, 6.45) is 3.62. The van der Waals surface area contributed by atoms with E-state index in [0.717, 1.165) is 78.7 Å². The molecule has 0 spiro atoms. The van der Waals surface area contributed by atoms with Crippen LogP contribution in [0.2, 0.25) is 0 Å². The van der Waals surface area contributed by atoms with Gasteiger partial charge in [-0.3, -0.25) is 15.2 Å². The summed E-state index contributed by atoms with van der Waals surface area (Å²) in [4.78, 5) is 27.4. The Balaban J connectivity index is 1.52. The fraction of sp³-hybridized carbons (Fsp3) is 0.458. The van der Waals surface area contributed by atoms with E-state index >= 15 is 0 Å². The number of carbonyl (C=O) groups is 1. The van der Waals surface area contributed by atoms with E-state index in [1.165, 1.54) is 5.57 Å². The lowest BCUT2D eigenvalue weighted by molar-refractivity contribution is 0.0385. The van der Waals surface area contributed by atoms with Gasteiger partial charge in [-0.15, -0.1) is 11.8 Å². The molecule has 0 aromatic carbocycles. The van der Waals surface area contributed by atoms with E-state index in [-0.39, 0.29) is 5.95 Å². The van der Waals surface area contributed by atoms with E-state index in [2.05, 4.69) is 31.2 Å². The Morgan fingerprint density at radius 3 is 2.83 bits per heavy atom. The van der Waals surface area contributed by atoms with Gasteiger partial charge in [-0.2, -0.15) is 10.1 Å². The molecular formula is C24H29N7O4S. The first kappa shape index (κ1) is 24.5. The van der Waals surface area contributed by atoms with Crippen LogP contribution in [0, 0.1) is 13.8 Å². The molecule has 12 heteroatoms. The molecule has 0 saturated carbocycles. The number of nitrogens with zero attached hydrogens (tertiary/aromatic N) is 6. The van der Waals surface area contributed by atoms with Gasteiger partial charge in [0.15, 0.2) is 5.65 Å². The van der Waals surface area contributed by atoms with E-state index in [1.807, 2.05) is 13.8 Å². The minimum Gasteiger partial charge on any atom is -0.496 e. The van der Waals surface area contributed by atoms with Crippen LogP contribution in [0.4, 0.5) is 10.7 Å². The molecule has 5 heterocycles. The highest BCUT2D eigenvalue weighted by atomic mass is 32.2. The van der Waals surface area contributed by atoms with Gasteiger partial charge in [-0.05, 0) is 26.3 Å². The Labute approximate surface area is 212 Å². The standard InChI is InChI=1S/C24H29N7O4S/c1-14-11-25-18(15(2)20(14)34-3)12-31-21-19-17(29-31)10-16(4-5-30-6-8-35-9-7-30)13-36-22(19)27-23(26-21)28-24(32)33/h10-11H,4-9,12-13H2,1-3H3,(H,32,33)(H,26,27,28). The Bertz CT molecular complexity index is 1330. The number of amides is 1. The summed E-state index contributed by atoms with van der Waals surface area (Å²) in [5, 5.41) is 18.0. The van der Waals surface area contributed by atoms with Crippen molar-refractivity contribution in [3.8, 4) is 5.75 Å². The fourth-order valence-corrected chi connectivity index (χ4v) is 5.61. The third-order valence-electron chi connectivity index (χ3n) is 6.44. The van der Waals surface area contributed by atoms with Crippen LogP contribution in [0.25, 0.3) is 17.1 Å². The van der Waals surface area contributed by atoms with Crippen molar-refractivity contribution in [2.45, 2.75) is 31.8 Å².